The number of aliphatic hydroxyl groups excluding tert-OH is 1. The van der Waals surface area contributed by atoms with Gasteiger partial charge in [-0.25, -0.2) is 8.78 Å². The van der Waals surface area contributed by atoms with Gasteiger partial charge in [0.05, 0.1) is 17.6 Å². The van der Waals surface area contributed by atoms with E-state index in [2.05, 4.69) is 4.74 Å². The van der Waals surface area contributed by atoms with Crippen LogP contribution in [0.1, 0.15) is 0 Å². The molecule has 0 aliphatic carbocycles. The van der Waals surface area contributed by atoms with Gasteiger partial charge in [-0.05, 0) is 0 Å². The lowest BCUT2D eigenvalue weighted by atomic mass is 10.2. The molecular weight excluding hydrogens is 212 g/mol. The highest BCUT2D eigenvalue weighted by atomic mass is 19.1. The van der Waals surface area contributed by atoms with Crippen molar-refractivity contribution in [3.63, 3.8) is 0 Å². The molecule has 82 valence electrons. The lowest BCUT2D eigenvalue weighted by molar-refractivity contribution is -0.386. The first-order valence-corrected chi connectivity index (χ1v) is 3.93. The minimum atomic E-state index is -1.17. The van der Waals surface area contributed by atoms with E-state index in [0.29, 0.717) is 12.1 Å². The van der Waals surface area contributed by atoms with E-state index in [1.165, 1.54) is 0 Å². The van der Waals surface area contributed by atoms with Crippen molar-refractivity contribution >= 4 is 5.69 Å². The molecule has 0 saturated carbocycles. The lowest BCUT2D eigenvalue weighted by Crippen LogP contribution is -2.06. The fourth-order valence-electron chi connectivity index (χ4n) is 0.973. The predicted molar refractivity (Wildman–Crippen MR) is 45.6 cm³/mol. The summed E-state index contributed by atoms with van der Waals surface area (Å²) in [5.74, 6) is -2.90. The minimum absolute atomic E-state index is 0.302. The standard InChI is InChI=1S/C8H7F2NO4/c9-5-3-6(10)8(15-2-1-12)7(4-5)11(13)14/h3-4,12H,1-2H2. The van der Waals surface area contributed by atoms with Crippen molar-refractivity contribution in [2.24, 2.45) is 0 Å². The van der Waals surface area contributed by atoms with Crippen LogP contribution in [0.25, 0.3) is 0 Å². The van der Waals surface area contributed by atoms with Gasteiger partial charge in [-0.2, -0.15) is 0 Å². The first kappa shape index (κ1) is 11.3. The molecule has 1 aromatic carbocycles. The molecule has 0 radical (unpaired) electrons. The maximum absolute atomic E-state index is 13.0. The Morgan fingerprint density at radius 1 is 1.47 bits per heavy atom. The molecule has 0 amide bonds. The van der Waals surface area contributed by atoms with Gasteiger partial charge in [-0.1, -0.05) is 0 Å². The van der Waals surface area contributed by atoms with Crippen LogP contribution in [0.2, 0.25) is 0 Å². The van der Waals surface area contributed by atoms with E-state index in [1.807, 2.05) is 0 Å². The first-order valence-electron chi connectivity index (χ1n) is 3.93. The van der Waals surface area contributed by atoms with Gasteiger partial charge < -0.3 is 9.84 Å². The summed E-state index contributed by atoms with van der Waals surface area (Å²) in [4.78, 5) is 9.46. The third-order valence-electron chi connectivity index (χ3n) is 1.52. The molecule has 0 atom stereocenters. The second-order valence-electron chi connectivity index (χ2n) is 2.57. The Morgan fingerprint density at radius 2 is 2.13 bits per heavy atom. The van der Waals surface area contributed by atoms with Crippen molar-refractivity contribution in [3.05, 3.63) is 33.9 Å². The van der Waals surface area contributed by atoms with Gasteiger partial charge in [0, 0.05) is 6.07 Å². The highest BCUT2D eigenvalue weighted by Crippen LogP contribution is 2.30. The number of rotatable bonds is 4. The Balaban J connectivity index is 3.15. The number of hydrogen-bond acceptors (Lipinski definition) is 4. The highest BCUT2D eigenvalue weighted by Gasteiger charge is 2.21. The number of halogens is 2. The summed E-state index contributed by atoms with van der Waals surface area (Å²) in [5, 5.41) is 18.8. The average Bonchev–Trinajstić information content (AvgIpc) is 2.15. The van der Waals surface area contributed by atoms with E-state index in [1.54, 1.807) is 0 Å². The zero-order chi connectivity index (χ0) is 11.4. The molecule has 1 rings (SSSR count). The summed E-state index contributed by atoms with van der Waals surface area (Å²) in [5.41, 5.74) is -0.805. The van der Waals surface area contributed by atoms with Gasteiger partial charge in [-0.15, -0.1) is 0 Å². The number of nitro benzene ring substituents is 1. The van der Waals surface area contributed by atoms with Gasteiger partial charge in [0.1, 0.15) is 12.4 Å². The van der Waals surface area contributed by atoms with Crippen LogP contribution in [0.4, 0.5) is 14.5 Å². The normalized spacial score (nSPS) is 10.1. The van der Waals surface area contributed by atoms with E-state index < -0.39 is 34.6 Å². The van der Waals surface area contributed by atoms with E-state index in [-0.39, 0.29) is 6.61 Å². The van der Waals surface area contributed by atoms with E-state index in [0.717, 1.165) is 0 Å². The molecule has 0 aromatic heterocycles. The lowest BCUT2D eigenvalue weighted by Gasteiger charge is -2.05. The number of nitrogens with zero attached hydrogens (tertiary/aromatic N) is 1. The van der Waals surface area contributed by atoms with E-state index in [9.17, 15) is 18.9 Å². The Labute approximate surface area is 83.1 Å². The molecule has 0 aliphatic heterocycles. The van der Waals surface area contributed by atoms with Crippen molar-refractivity contribution in [1.82, 2.24) is 0 Å². The van der Waals surface area contributed by atoms with Crippen molar-refractivity contribution < 1.29 is 23.5 Å². The molecule has 5 nitrogen and oxygen atoms in total. The maximum Gasteiger partial charge on any atom is 0.316 e. The summed E-state index contributed by atoms with van der Waals surface area (Å²) >= 11 is 0. The molecule has 0 fully saturated rings. The molecule has 0 aliphatic rings. The van der Waals surface area contributed by atoms with Gasteiger partial charge in [0.25, 0.3) is 0 Å². The molecule has 0 heterocycles. The first-order chi connectivity index (χ1) is 7.06. The van der Waals surface area contributed by atoms with Gasteiger partial charge in [0.2, 0.25) is 5.75 Å². The van der Waals surface area contributed by atoms with Crippen LogP contribution >= 0.6 is 0 Å². The van der Waals surface area contributed by atoms with Crippen LogP contribution in [-0.4, -0.2) is 23.2 Å². The Bertz CT molecular complexity index is 383. The van der Waals surface area contributed by atoms with Crippen LogP contribution in [0.5, 0.6) is 5.75 Å². The van der Waals surface area contributed by atoms with Crippen LogP contribution in [-0.2, 0) is 0 Å². The molecule has 1 N–H and O–H groups in total. The Hall–Kier alpha value is -1.76. The van der Waals surface area contributed by atoms with E-state index in [4.69, 9.17) is 5.11 Å². The van der Waals surface area contributed by atoms with Gasteiger partial charge >= 0.3 is 5.69 Å². The molecule has 7 heteroatoms. The highest BCUT2D eigenvalue weighted by molar-refractivity contribution is 5.47. The second-order valence-corrected chi connectivity index (χ2v) is 2.57. The van der Waals surface area contributed by atoms with Crippen LogP contribution in [0, 0.1) is 21.7 Å². The third-order valence-corrected chi connectivity index (χ3v) is 1.52. The number of nitro groups is 1. The third kappa shape index (κ3) is 2.59. The maximum atomic E-state index is 13.0. The zero-order valence-electron chi connectivity index (χ0n) is 7.44. The number of aliphatic hydroxyl groups is 1. The summed E-state index contributed by atoms with van der Waals surface area (Å²) in [6.07, 6.45) is 0. The number of benzene rings is 1. The largest absolute Gasteiger partial charge is 0.482 e. The number of ether oxygens (including phenoxy) is 1. The van der Waals surface area contributed by atoms with Crippen LogP contribution in [0.3, 0.4) is 0 Å². The fraction of sp³-hybridized carbons (Fsp3) is 0.250. The molecule has 0 saturated heterocycles. The zero-order valence-corrected chi connectivity index (χ0v) is 7.44. The van der Waals surface area contributed by atoms with Crippen molar-refractivity contribution in [2.45, 2.75) is 0 Å². The second kappa shape index (κ2) is 4.65. The quantitative estimate of drug-likeness (QED) is 0.610. The molecular formula is C8H7F2NO4. The molecule has 0 spiro atoms. The van der Waals surface area contributed by atoms with E-state index >= 15 is 0 Å². The topological polar surface area (TPSA) is 72.6 Å². The average molecular weight is 219 g/mol. The Kier molecular flexibility index (Phi) is 3.51. The fourth-order valence-corrected chi connectivity index (χ4v) is 0.973. The predicted octanol–water partition coefficient (Wildman–Crippen LogP) is 1.24. The van der Waals surface area contributed by atoms with Crippen molar-refractivity contribution in [2.75, 3.05) is 13.2 Å². The van der Waals surface area contributed by atoms with Crippen molar-refractivity contribution in [3.8, 4) is 5.75 Å². The smallest absolute Gasteiger partial charge is 0.316 e. The molecule has 15 heavy (non-hydrogen) atoms. The van der Waals surface area contributed by atoms with Crippen LogP contribution in [0.15, 0.2) is 12.1 Å². The molecule has 0 bridgehead atoms. The molecule has 0 unspecified atom stereocenters. The van der Waals surface area contributed by atoms with Crippen molar-refractivity contribution in [1.29, 1.82) is 0 Å². The summed E-state index contributed by atoms with van der Waals surface area (Å²) in [6, 6.07) is 1.02. The summed E-state index contributed by atoms with van der Waals surface area (Å²) in [7, 11) is 0. The SMILES string of the molecule is O=[N+]([O-])c1cc(F)cc(F)c1OCCO. The Morgan fingerprint density at radius 3 is 2.67 bits per heavy atom. The number of hydrogen-bond donors (Lipinski definition) is 1. The van der Waals surface area contributed by atoms with Gasteiger partial charge in [0.15, 0.2) is 5.82 Å². The minimum Gasteiger partial charge on any atom is -0.482 e. The summed E-state index contributed by atoms with van der Waals surface area (Å²) in [6.45, 7) is -0.725. The summed E-state index contributed by atoms with van der Waals surface area (Å²) < 4.78 is 30.3. The molecule has 1 aromatic rings. The monoisotopic (exact) mass is 219 g/mol. The van der Waals surface area contributed by atoms with Crippen LogP contribution < -0.4 is 4.74 Å². The van der Waals surface area contributed by atoms with Gasteiger partial charge in [-0.3, -0.25) is 10.1 Å².